The van der Waals surface area contributed by atoms with Gasteiger partial charge in [-0.15, -0.1) is 11.3 Å². The van der Waals surface area contributed by atoms with Gasteiger partial charge in [-0.2, -0.15) is 0 Å². The van der Waals surface area contributed by atoms with Crippen LogP contribution in [0.25, 0.3) is 10.1 Å². The average molecular weight is 208 g/mol. The highest BCUT2D eigenvalue weighted by Crippen LogP contribution is 2.30. The summed E-state index contributed by atoms with van der Waals surface area (Å²) in [6, 6.07) is 5.00. The Morgan fingerprint density at radius 2 is 1.86 bits per heavy atom. The molecular weight excluding hydrogens is 199 g/mol. The normalized spacial score (nSPS) is 10.7. The van der Waals surface area contributed by atoms with E-state index >= 15 is 0 Å². The molecule has 0 aliphatic carbocycles. The van der Waals surface area contributed by atoms with Crippen molar-refractivity contribution < 1.29 is 10.0 Å². The Morgan fingerprint density at radius 3 is 2.50 bits per heavy atom. The molecule has 4 nitrogen and oxygen atoms in total. The average Bonchev–Trinajstić information content (AvgIpc) is 2.45. The Kier molecular flexibility index (Phi) is 2.11. The van der Waals surface area contributed by atoms with Gasteiger partial charge < -0.3 is 21.5 Å². The van der Waals surface area contributed by atoms with Crippen LogP contribution in [0.5, 0.6) is 0 Å². The number of rotatable bonds is 1. The van der Waals surface area contributed by atoms with E-state index in [1.165, 1.54) is 11.3 Å². The third kappa shape index (κ3) is 1.43. The lowest BCUT2D eigenvalue weighted by molar-refractivity contribution is 0.426. The summed E-state index contributed by atoms with van der Waals surface area (Å²) in [5, 5.41) is 19.5. The topological polar surface area (TPSA) is 92.5 Å². The second kappa shape index (κ2) is 3.16. The van der Waals surface area contributed by atoms with Crippen molar-refractivity contribution in [3.05, 3.63) is 18.2 Å². The Morgan fingerprint density at radius 1 is 1.14 bits per heavy atom. The number of hydrogen-bond donors (Lipinski definition) is 4. The van der Waals surface area contributed by atoms with Gasteiger partial charge in [-0.25, -0.2) is 0 Å². The standard InChI is InChI=1S/C8H9BN2O2S/c10-6-1-4(9(12)13)2-7-5(6)3-8(11)14-7/h1-3,12-13H,10-11H2. The van der Waals surface area contributed by atoms with Crippen LogP contribution in [0.3, 0.4) is 0 Å². The quantitative estimate of drug-likeness (QED) is 0.384. The molecular formula is C8H9BN2O2S. The molecule has 0 aliphatic rings. The molecule has 14 heavy (non-hydrogen) atoms. The first-order valence-corrected chi connectivity index (χ1v) is 4.84. The van der Waals surface area contributed by atoms with Crippen molar-refractivity contribution in [1.82, 2.24) is 0 Å². The summed E-state index contributed by atoms with van der Waals surface area (Å²) < 4.78 is 0.866. The van der Waals surface area contributed by atoms with Gasteiger partial charge in [0.2, 0.25) is 0 Å². The van der Waals surface area contributed by atoms with Crippen molar-refractivity contribution in [3.63, 3.8) is 0 Å². The van der Waals surface area contributed by atoms with Gasteiger partial charge in [-0.3, -0.25) is 0 Å². The third-order valence-electron chi connectivity index (χ3n) is 2.01. The maximum absolute atomic E-state index is 8.99. The highest BCUT2D eigenvalue weighted by molar-refractivity contribution is 7.22. The minimum atomic E-state index is -1.50. The number of thiophene rings is 1. The molecule has 72 valence electrons. The first kappa shape index (κ1) is 9.33. The van der Waals surface area contributed by atoms with Gasteiger partial charge in [0.1, 0.15) is 0 Å². The number of fused-ring (bicyclic) bond motifs is 1. The van der Waals surface area contributed by atoms with Crippen LogP contribution >= 0.6 is 11.3 Å². The monoisotopic (exact) mass is 208 g/mol. The van der Waals surface area contributed by atoms with Crippen LogP contribution < -0.4 is 16.9 Å². The molecule has 2 rings (SSSR count). The van der Waals surface area contributed by atoms with Crippen LogP contribution in [-0.4, -0.2) is 17.2 Å². The van der Waals surface area contributed by atoms with Crippen LogP contribution in [-0.2, 0) is 0 Å². The van der Waals surface area contributed by atoms with Crippen LogP contribution in [0.15, 0.2) is 18.2 Å². The maximum atomic E-state index is 8.99. The second-order valence-electron chi connectivity index (χ2n) is 3.04. The highest BCUT2D eigenvalue weighted by atomic mass is 32.1. The number of hydrogen-bond acceptors (Lipinski definition) is 5. The molecule has 0 unspecified atom stereocenters. The smallest absolute Gasteiger partial charge is 0.423 e. The molecule has 0 saturated heterocycles. The lowest BCUT2D eigenvalue weighted by Crippen LogP contribution is -2.29. The maximum Gasteiger partial charge on any atom is 0.488 e. The van der Waals surface area contributed by atoms with Crippen molar-refractivity contribution in [3.8, 4) is 0 Å². The van der Waals surface area contributed by atoms with E-state index < -0.39 is 7.12 Å². The van der Waals surface area contributed by atoms with E-state index in [1.54, 1.807) is 18.2 Å². The molecule has 1 heterocycles. The Hall–Kier alpha value is -1.24. The summed E-state index contributed by atoms with van der Waals surface area (Å²) in [6.45, 7) is 0. The van der Waals surface area contributed by atoms with Gasteiger partial charge >= 0.3 is 7.12 Å². The summed E-state index contributed by atoms with van der Waals surface area (Å²) in [6.07, 6.45) is 0. The van der Waals surface area contributed by atoms with Crippen LogP contribution in [0, 0.1) is 0 Å². The first-order chi connectivity index (χ1) is 6.58. The van der Waals surface area contributed by atoms with Gasteiger partial charge in [-0.1, -0.05) is 0 Å². The molecule has 0 radical (unpaired) electrons. The van der Waals surface area contributed by atoms with Crippen molar-refractivity contribution in [2.45, 2.75) is 0 Å². The van der Waals surface area contributed by atoms with Crippen molar-refractivity contribution in [2.75, 3.05) is 11.5 Å². The zero-order chi connectivity index (χ0) is 10.3. The number of nitrogens with two attached hydrogens (primary N) is 2. The molecule has 0 fully saturated rings. The van der Waals surface area contributed by atoms with Gasteiger partial charge in [0.25, 0.3) is 0 Å². The fourth-order valence-electron chi connectivity index (χ4n) is 1.36. The van der Waals surface area contributed by atoms with E-state index in [2.05, 4.69) is 0 Å². The molecule has 0 aliphatic heterocycles. The van der Waals surface area contributed by atoms with E-state index in [1.807, 2.05) is 0 Å². The predicted octanol–water partition coefficient (Wildman–Crippen LogP) is -0.254. The molecule has 1 aromatic carbocycles. The van der Waals surface area contributed by atoms with Crippen molar-refractivity contribution in [2.24, 2.45) is 0 Å². The number of benzene rings is 1. The SMILES string of the molecule is Nc1cc2c(N)cc(B(O)O)cc2s1. The zero-order valence-electron chi connectivity index (χ0n) is 7.27. The number of anilines is 2. The number of nitrogen functional groups attached to an aromatic ring is 2. The lowest BCUT2D eigenvalue weighted by Gasteiger charge is -2.01. The van der Waals surface area contributed by atoms with E-state index in [9.17, 15) is 0 Å². The second-order valence-corrected chi connectivity index (χ2v) is 4.16. The predicted molar refractivity (Wildman–Crippen MR) is 60.5 cm³/mol. The van der Waals surface area contributed by atoms with Crippen LogP contribution in [0.1, 0.15) is 0 Å². The first-order valence-electron chi connectivity index (χ1n) is 4.02. The van der Waals surface area contributed by atoms with E-state index in [0.29, 0.717) is 16.2 Å². The van der Waals surface area contributed by atoms with E-state index in [0.717, 1.165) is 10.1 Å². The minimum absolute atomic E-state index is 0.386. The van der Waals surface area contributed by atoms with Gasteiger partial charge in [0, 0.05) is 15.8 Å². The molecule has 1 aromatic heterocycles. The summed E-state index contributed by atoms with van der Waals surface area (Å²) in [5.41, 5.74) is 12.3. The molecule has 6 heteroatoms. The Balaban J connectivity index is 2.71. The van der Waals surface area contributed by atoms with E-state index in [4.69, 9.17) is 21.5 Å². The third-order valence-corrected chi connectivity index (χ3v) is 2.92. The van der Waals surface area contributed by atoms with Crippen LogP contribution in [0.2, 0.25) is 0 Å². The summed E-state index contributed by atoms with van der Waals surface area (Å²) in [7, 11) is -1.50. The Bertz CT molecular complexity index is 483. The summed E-state index contributed by atoms with van der Waals surface area (Å²) in [5.74, 6) is 0. The molecule has 0 bridgehead atoms. The molecule has 0 atom stereocenters. The molecule has 2 aromatic rings. The molecule has 0 spiro atoms. The van der Waals surface area contributed by atoms with Gasteiger partial charge in [0.05, 0.1) is 5.00 Å². The summed E-state index contributed by atoms with van der Waals surface area (Å²) in [4.78, 5) is 0. The van der Waals surface area contributed by atoms with Gasteiger partial charge in [-0.05, 0) is 23.7 Å². The van der Waals surface area contributed by atoms with Crippen molar-refractivity contribution >= 4 is 44.7 Å². The largest absolute Gasteiger partial charge is 0.488 e. The summed E-state index contributed by atoms with van der Waals surface area (Å²) >= 11 is 1.37. The lowest BCUT2D eigenvalue weighted by atomic mass is 9.80. The van der Waals surface area contributed by atoms with Crippen LogP contribution in [0.4, 0.5) is 10.7 Å². The molecule has 0 saturated carbocycles. The highest BCUT2D eigenvalue weighted by Gasteiger charge is 2.14. The fourth-order valence-corrected chi connectivity index (χ4v) is 2.27. The minimum Gasteiger partial charge on any atom is -0.423 e. The zero-order valence-corrected chi connectivity index (χ0v) is 8.08. The fraction of sp³-hybridized carbons (Fsp3) is 0. The molecule has 0 amide bonds. The van der Waals surface area contributed by atoms with E-state index in [-0.39, 0.29) is 0 Å². The van der Waals surface area contributed by atoms with Crippen molar-refractivity contribution in [1.29, 1.82) is 0 Å². The van der Waals surface area contributed by atoms with Gasteiger partial charge in [0.15, 0.2) is 0 Å². The molecule has 6 N–H and O–H groups in total. The Labute approximate surface area is 84.9 Å².